The fourth-order valence-electron chi connectivity index (χ4n) is 2.03. The number of anilines is 2. The number of carbonyl (C=O) groups is 1. The molecule has 0 atom stereocenters. The van der Waals surface area contributed by atoms with Gasteiger partial charge >= 0.3 is 0 Å². The van der Waals surface area contributed by atoms with Crippen LogP contribution >= 0.6 is 11.3 Å². The number of carbonyl (C=O) groups excluding carboxylic acids is 1. The van der Waals surface area contributed by atoms with E-state index in [0.717, 1.165) is 22.8 Å². The fourth-order valence-corrected chi connectivity index (χ4v) is 3.10. The third-order valence-electron chi connectivity index (χ3n) is 3.14. The Balaban J connectivity index is 2.43. The van der Waals surface area contributed by atoms with Crippen LogP contribution in [-0.2, 0) is 5.41 Å². The summed E-state index contributed by atoms with van der Waals surface area (Å²) in [7, 11) is 1.98. The Morgan fingerprint density at radius 2 is 2.00 bits per heavy atom. The molecule has 0 aliphatic carbocycles. The van der Waals surface area contributed by atoms with Crippen molar-refractivity contribution in [3.05, 3.63) is 40.4 Å². The van der Waals surface area contributed by atoms with E-state index in [4.69, 9.17) is 0 Å². The molecule has 0 bridgehead atoms. The van der Waals surface area contributed by atoms with Crippen LogP contribution in [0.25, 0.3) is 0 Å². The fraction of sp³-hybridized carbons (Fsp3) is 0.375. The molecule has 20 heavy (non-hydrogen) atoms. The zero-order valence-corrected chi connectivity index (χ0v) is 13.4. The van der Waals surface area contributed by atoms with E-state index in [1.54, 1.807) is 0 Å². The smallest absolute Gasteiger partial charge is 0.190 e. The molecule has 0 amide bonds. The average molecular weight is 288 g/mol. The lowest BCUT2D eigenvalue weighted by atomic mass is 9.91. The van der Waals surface area contributed by atoms with Crippen LogP contribution in [0, 0.1) is 6.92 Å². The van der Waals surface area contributed by atoms with Crippen molar-refractivity contribution in [3.63, 3.8) is 0 Å². The number of aldehydes is 1. The Bertz CT molecular complexity index is 626. The summed E-state index contributed by atoms with van der Waals surface area (Å²) in [6, 6.07) is 8.25. The molecule has 2 rings (SSSR count). The highest BCUT2D eigenvalue weighted by Crippen LogP contribution is 2.35. The van der Waals surface area contributed by atoms with Gasteiger partial charge < -0.3 is 4.90 Å². The minimum Gasteiger partial charge on any atom is -0.321 e. The van der Waals surface area contributed by atoms with Gasteiger partial charge in [0.2, 0.25) is 0 Å². The van der Waals surface area contributed by atoms with E-state index < -0.39 is 0 Å². The molecule has 0 unspecified atom stereocenters. The molecule has 0 saturated carbocycles. The highest BCUT2D eigenvalue weighted by atomic mass is 32.1. The van der Waals surface area contributed by atoms with Gasteiger partial charge in [-0.2, -0.15) is 0 Å². The van der Waals surface area contributed by atoms with Crippen molar-refractivity contribution in [3.8, 4) is 0 Å². The minimum absolute atomic E-state index is 0.127. The zero-order valence-electron chi connectivity index (χ0n) is 12.6. The van der Waals surface area contributed by atoms with Gasteiger partial charge in [0.15, 0.2) is 11.4 Å². The first-order chi connectivity index (χ1) is 9.32. The monoisotopic (exact) mass is 288 g/mol. The number of aromatic nitrogens is 1. The van der Waals surface area contributed by atoms with Crippen molar-refractivity contribution < 1.29 is 4.79 Å². The van der Waals surface area contributed by atoms with Crippen LogP contribution in [-0.4, -0.2) is 18.3 Å². The number of hydrogen-bond acceptors (Lipinski definition) is 4. The lowest BCUT2D eigenvalue weighted by molar-refractivity contribution is 0.112. The van der Waals surface area contributed by atoms with Crippen molar-refractivity contribution in [1.29, 1.82) is 0 Å². The third-order valence-corrected chi connectivity index (χ3v) is 4.19. The van der Waals surface area contributed by atoms with Crippen LogP contribution in [0.3, 0.4) is 0 Å². The number of hydrogen-bond donors (Lipinski definition) is 0. The molecule has 0 aliphatic rings. The predicted molar refractivity (Wildman–Crippen MR) is 85.4 cm³/mol. The van der Waals surface area contributed by atoms with Gasteiger partial charge in [0.1, 0.15) is 0 Å². The minimum atomic E-state index is -0.127. The Morgan fingerprint density at radius 3 is 2.50 bits per heavy atom. The number of thiazole rings is 1. The first kappa shape index (κ1) is 14.7. The summed E-state index contributed by atoms with van der Waals surface area (Å²) in [6.45, 7) is 8.29. The van der Waals surface area contributed by atoms with Crippen molar-refractivity contribution in [2.75, 3.05) is 11.9 Å². The normalized spacial score (nSPS) is 11.4. The van der Waals surface area contributed by atoms with Crippen molar-refractivity contribution in [1.82, 2.24) is 4.98 Å². The summed E-state index contributed by atoms with van der Waals surface area (Å²) in [5.41, 5.74) is 3.03. The second-order valence-electron chi connectivity index (χ2n) is 5.98. The molecule has 1 heterocycles. The first-order valence-corrected chi connectivity index (χ1v) is 7.41. The maximum absolute atomic E-state index is 11.3. The van der Waals surface area contributed by atoms with Gasteiger partial charge in [0.05, 0.1) is 10.6 Å². The van der Waals surface area contributed by atoms with Crippen molar-refractivity contribution in [2.45, 2.75) is 33.1 Å². The highest BCUT2D eigenvalue weighted by molar-refractivity contribution is 7.17. The molecule has 4 heteroatoms. The number of benzene rings is 1. The second-order valence-corrected chi connectivity index (χ2v) is 6.98. The lowest BCUT2D eigenvalue weighted by Gasteiger charge is -2.18. The van der Waals surface area contributed by atoms with E-state index in [1.165, 1.54) is 16.9 Å². The van der Waals surface area contributed by atoms with Crippen LogP contribution in [0.2, 0.25) is 0 Å². The molecule has 3 nitrogen and oxygen atoms in total. The van der Waals surface area contributed by atoms with Gasteiger partial charge in [-0.05, 0) is 24.6 Å². The quantitative estimate of drug-likeness (QED) is 0.788. The van der Waals surface area contributed by atoms with Crippen LogP contribution in [0.15, 0.2) is 24.3 Å². The van der Waals surface area contributed by atoms with E-state index in [-0.39, 0.29) is 5.41 Å². The van der Waals surface area contributed by atoms with Gasteiger partial charge in [-0.25, -0.2) is 4.98 Å². The van der Waals surface area contributed by atoms with Gasteiger partial charge in [0.25, 0.3) is 0 Å². The topological polar surface area (TPSA) is 33.2 Å². The van der Waals surface area contributed by atoms with Crippen LogP contribution in [0.5, 0.6) is 0 Å². The Kier molecular flexibility index (Phi) is 3.95. The molecule has 0 fully saturated rings. The van der Waals surface area contributed by atoms with Crippen molar-refractivity contribution in [2.24, 2.45) is 0 Å². The SMILES string of the molecule is Cc1cccc(N(C)c2nc(C(C)(C)C)c(C=O)s2)c1. The van der Waals surface area contributed by atoms with Gasteiger partial charge in [0, 0.05) is 18.2 Å². The molecule has 0 aliphatic heterocycles. The third kappa shape index (κ3) is 2.90. The summed E-state index contributed by atoms with van der Waals surface area (Å²) in [5.74, 6) is 0. The first-order valence-electron chi connectivity index (χ1n) is 6.60. The van der Waals surface area contributed by atoms with E-state index in [2.05, 4.69) is 44.8 Å². The predicted octanol–water partition coefficient (Wildman–Crippen LogP) is 4.33. The largest absolute Gasteiger partial charge is 0.321 e. The molecule has 0 spiro atoms. The standard InChI is InChI=1S/C16H20N2OS/c1-11-7-6-8-12(9-11)18(5)15-17-14(16(2,3)4)13(10-19)20-15/h6-10H,1-5H3. The van der Waals surface area contributed by atoms with Crippen LogP contribution in [0.4, 0.5) is 10.8 Å². The molecule has 0 saturated heterocycles. The van der Waals surface area contributed by atoms with E-state index in [9.17, 15) is 4.79 Å². The molecule has 1 aromatic heterocycles. The van der Waals surface area contributed by atoms with Crippen molar-refractivity contribution >= 4 is 28.4 Å². The summed E-state index contributed by atoms with van der Waals surface area (Å²) in [6.07, 6.45) is 0.909. The summed E-state index contributed by atoms with van der Waals surface area (Å²) < 4.78 is 0. The Hall–Kier alpha value is -1.68. The Labute approximate surface area is 124 Å². The number of rotatable bonds is 3. The summed E-state index contributed by atoms with van der Waals surface area (Å²) in [5, 5.41) is 0.850. The van der Waals surface area contributed by atoms with Gasteiger partial charge in [-0.3, -0.25) is 4.79 Å². The average Bonchev–Trinajstić information content (AvgIpc) is 2.82. The lowest BCUT2D eigenvalue weighted by Crippen LogP contribution is -2.15. The van der Waals surface area contributed by atoms with E-state index in [1.807, 2.05) is 24.1 Å². The molecule has 2 aromatic rings. The summed E-state index contributed by atoms with van der Waals surface area (Å²) >= 11 is 1.44. The number of aryl methyl sites for hydroxylation is 1. The second kappa shape index (κ2) is 5.37. The summed E-state index contributed by atoms with van der Waals surface area (Å²) in [4.78, 5) is 18.7. The Morgan fingerprint density at radius 1 is 1.30 bits per heavy atom. The maximum atomic E-state index is 11.3. The number of nitrogens with zero attached hydrogens (tertiary/aromatic N) is 2. The molecule has 106 valence electrons. The van der Waals surface area contributed by atoms with Gasteiger partial charge in [-0.1, -0.05) is 44.2 Å². The molecule has 1 aromatic carbocycles. The van der Waals surface area contributed by atoms with Crippen LogP contribution < -0.4 is 4.90 Å². The molecule has 0 N–H and O–H groups in total. The molecular weight excluding hydrogens is 268 g/mol. The van der Waals surface area contributed by atoms with Crippen LogP contribution in [0.1, 0.15) is 41.7 Å². The molecular formula is C16H20N2OS. The zero-order chi connectivity index (χ0) is 14.9. The molecule has 0 radical (unpaired) electrons. The van der Waals surface area contributed by atoms with E-state index in [0.29, 0.717) is 4.88 Å². The maximum Gasteiger partial charge on any atom is 0.190 e. The van der Waals surface area contributed by atoms with E-state index >= 15 is 0 Å². The highest BCUT2D eigenvalue weighted by Gasteiger charge is 2.24. The van der Waals surface area contributed by atoms with Gasteiger partial charge in [-0.15, -0.1) is 0 Å².